The molecule has 0 aromatic heterocycles. The van der Waals surface area contributed by atoms with Gasteiger partial charge in [-0.25, -0.2) is 0 Å². The van der Waals surface area contributed by atoms with Gasteiger partial charge in [-0.3, -0.25) is 9.59 Å². The van der Waals surface area contributed by atoms with E-state index in [4.69, 9.17) is 21.7 Å². The van der Waals surface area contributed by atoms with Crippen molar-refractivity contribution >= 4 is 11.8 Å². The first kappa shape index (κ1) is 9.85. The van der Waals surface area contributed by atoms with Crippen LogP contribution in [-0.2, 0) is 0 Å². The lowest BCUT2D eigenvalue weighted by atomic mass is 10.1. The second-order valence-corrected chi connectivity index (χ2v) is 2.62. The van der Waals surface area contributed by atoms with Crippen LogP contribution in [0.3, 0.4) is 0 Å². The number of amides is 2. The van der Waals surface area contributed by atoms with Crippen molar-refractivity contribution in [1.82, 2.24) is 0 Å². The Hall–Kier alpha value is -2.24. The summed E-state index contributed by atoms with van der Waals surface area (Å²) < 4.78 is 0. The fourth-order valence-electron chi connectivity index (χ4n) is 0.972. The molecule has 0 radical (unpaired) electrons. The van der Waals surface area contributed by atoms with Crippen LogP contribution in [0.4, 0.5) is 0 Å². The predicted molar refractivity (Wildman–Crippen MR) is 46.8 cm³/mol. The number of primary amides is 2. The molecule has 0 fully saturated rings. The Balaban J connectivity index is 3.42. The first-order chi connectivity index (χ1) is 6.43. The van der Waals surface area contributed by atoms with Gasteiger partial charge in [0.05, 0.1) is 11.1 Å². The van der Waals surface area contributed by atoms with Crippen LogP contribution in [0, 0.1) is 0 Å². The van der Waals surface area contributed by atoms with Crippen molar-refractivity contribution in [2.75, 3.05) is 0 Å². The van der Waals surface area contributed by atoms with Gasteiger partial charge < -0.3 is 21.7 Å². The van der Waals surface area contributed by atoms with E-state index in [9.17, 15) is 9.59 Å². The zero-order valence-electron chi connectivity index (χ0n) is 7.02. The molecule has 0 atom stereocenters. The van der Waals surface area contributed by atoms with Crippen molar-refractivity contribution < 1.29 is 19.8 Å². The summed E-state index contributed by atoms with van der Waals surface area (Å²) in [6, 6.07) is 1.77. The molecule has 6 N–H and O–H groups in total. The lowest BCUT2D eigenvalue weighted by Gasteiger charge is -2.04. The number of benzene rings is 1. The molecule has 0 saturated carbocycles. The maximum atomic E-state index is 10.7. The Morgan fingerprint density at radius 1 is 0.929 bits per heavy atom. The first-order valence-electron chi connectivity index (χ1n) is 3.59. The van der Waals surface area contributed by atoms with E-state index in [0.29, 0.717) is 0 Å². The SMILES string of the molecule is NC(=O)c1cc(C(N)=O)c(O)cc1O. The van der Waals surface area contributed by atoms with E-state index in [1.165, 1.54) is 0 Å². The van der Waals surface area contributed by atoms with Crippen molar-refractivity contribution in [3.63, 3.8) is 0 Å². The molecule has 1 rings (SSSR count). The number of rotatable bonds is 2. The third-order valence-electron chi connectivity index (χ3n) is 1.64. The summed E-state index contributed by atoms with van der Waals surface area (Å²) in [7, 11) is 0. The van der Waals surface area contributed by atoms with Gasteiger partial charge in [0.1, 0.15) is 11.5 Å². The number of hydrogen-bond donors (Lipinski definition) is 4. The Morgan fingerprint density at radius 2 is 1.29 bits per heavy atom. The Morgan fingerprint density at radius 3 is 1.57 bits per heavy atom. The second-order valence-electron chi connectivity index (χ2n) is 2.62. The number of carbonyl (C=O) groups is 2. The van der Waals surface area contributed by atoms with Gasteiger partial charge >= 0.3 is 0 Å². The summed E-state index contributed by atoms with van der Waals surface area (Å²) in [5, 5.41) is 18.3. The third kappa shape index (κ3) is 1.58. The van der Waals surface area contributed by atoms with Crippen LogP contribution in [0.2, 0.25) is 0 Å². The summed E-state index contributed by atoms with van der Waals surface area (Å²) in [6.07, 6.45) is 0. The van der Waals surface area contributed by atoms with Crippen molar-refractivity contribution in [2.45, 2.75) is 0 Å². The summed E-state index contributed by atoms with van der Waals surface area (Å²) in [4.78, 5) is 21.5. The predicted octanol–water partition coefficient (Wildman–Crippen LogP) is -0.704. The lowest BCUT2D eigenvalue weighted by Crippen LogP contribution is -2.15. The molecule has 0 bridgehead atoms. The number of carbonyl (C=O) groups excluding carboxylic acids is 2. The molecule has 14 heavy (non-hydrogen) atoms. The highest BCUT2D eigenvalue weighted by atomic mass is 16.3. The van der Waals surface area contributed by atoms with Crippen molar-refractivity contribution in [3.05, 3.63) is 23.3 Å². The minimum absolute atomic E-state index is 0.267. The first-order valence-corrected chi connectivity index (χ1v) is 3.59. The molecular formula is C8H8N2O4. The molecular weight excluding hydrogens is 188 g/mol. The van der Waals surface area contributed by atoms with Gasteiger partial charge in [-0.05, 0) is 6.07 Å². The molecule has 0 saturated heterocycles. The molecule has 74 valence electrons. The zero-order chi connectivity index (χ0) is 10.9. The van der Waals surface area contributed by atoms with E-state index in [2.05, 4.69) is 0 Å². The Labute approximate surface area is 78.8 Å². The normalized spacial score (nSPS) is 9.71. The van der Waals surface area contributed by atoms with Gasteiger partial charge in [0.2, 0.25) is 0 Å². The summed E-state index contributed by atoms with van der Waals surface area (Å²) in [5.41, 5.74) is 9.27. The maximum absolute atomic E-state index is 10.7. The van der Waals surface area contributed by atoms with Crippen LogP contribution in [-0.4, -0.2) is 22.0 Å². The van der Waals surface area contributed by atoms with Crippen molar-refractivity contribution in [1.29, 1.82) is 0 Å². The highest BCUT2D eigenvalue weighted by Gasteiger charge is 2.15. The highest BCUT2D eigenvalue weighted by Crippen LogP contribution is 2.26. The highest BCUT2D eigenvalue weighted by molar-refractivity contribution is 6.01. The average molecular weight is 196 g/mol. The fourth-order valence-corrected chi connectivity index (χ4v) is 0.972. The maximum Gasteiger partial charge on any atom is 0.252 e. The standard InChI is InChI=1S/C8H8N2O4/c9-7(13)3-1-4(8(10)14)6(12)2-5(3)11/h1-2,11-12H,(H2,9,13)(H2,10,14). The van der Waals surface area contributed by atoms with Crippen LogP contribution in [0.5, 0.6) is 11.5 Å². The zero-order valence-corrected chi connectivity index (χ0v) is 7.02. The van der Waals surface area contributed by atoms with E-state index >= 15 is 0 Å². The molecule has 1 aromatic carbocycles. The Kier molecular flexibility index (Phi) is 2.29. The molecule has 0 unspecified atom stereocenters. The molecule has 0 heterocycles. The van der Waals surface area contributed by atoms with Crippen LogP contribution in [0.25, 0.3) is 0 Å². The summed E-state index contributed by atoms with van der Waals surface area (Å²) in [5.74, 6) is -2.82. The van der Waals surface area contributed by atoms with E-state index < -0.39 is 23.3 Å². The Bertz CT molecular complexity index is 379. The second kappa shape index (κ2) is 3.25. The molecule has 0 aliphatic carbocycles. The van der Waals surface area contributed by atoms with E-state index in [-0.39, 0.29) is 11.1 Å². The van der Waals surface area contributed by atoms with Crippen molar-refractivity contribution in [3.8, 4) is 11.5 Å². The van der Waals surface area contributed by atoms with E-state index in [1.54, 1.807) is 0 Å². The lowest BCUT2D eigenvalue weighted by molar-refractivity contribution is 0.0996. The molecule has 0 spiro atoms. The minimum atomic E-state index is -0.912. The summed E-state index contributed by atoms with van der Waals surface area (Å²) >= 11 is 0. The van der Waals surface area contributed by atoms with Gasteiger partial charge in [0.25, 0.3) is 11.8 Å². The molecule has 6 heteroatoms. The van der Waals surface area contributed by atoms with Crippen LogP contribution < -0.4 is 11.5 Å². The number of phenols is 2. The summed E-state index contributed by atoms with van der Waals surface area (Å²) in [6.45, 7) is 0. The number of aromatic hydroxyl groups is 2. The van der Waals surface area contributed by atoms with Gasteiger partial charge in [-0.2, -0.15) is 0 Å². The molecule has 6 nitrogen and oxygen atoms in total. The van der Waals surface area contributed by atoms with Gasteiger partial charge in [-0.15, -0.1) is 0 Å². The monoisotopic (exact) mass is 196 g/mol. The van der Waals surface area contributed by atoms with E-state index in [1.807, 2.05) is 0 Å². The van der Waals surface area contributed by atoms with Crippen LogP contribution >= 0.6 is 0 Å². The van der Waals surface area contributed by atoms with Gasteiger partial charge in [0, 0.05) is 6.07 Å². The number of hydrogen-bond acceptors (Lipinski definition) is 4. The molecule has 0 aliphatic heterocycles. The van der Waals surface area contributed by atoms with Crippen molar-refractivity contribution in [2.24, 2.45) is 11.5 Å². The smallest absolute Gasteiger partial charge is 0.252 e. The third-order valence-corrected chi connectivity index (χ3v) is 1.64. The number of nitrogens with two attached hydrogens (primary N) is 2. The van der Waals surface area contributed by atoms with Crippen LogP contribution in [0.15, 0.2) is 12.1 Å². The molecule has 0 aliphatic rings. The molecule has 1 aromatic rings. The van der Waals surface area contributed by atoms with Crippen LogP contribution in [0.1, 0.15) is 20.7 Å². The van der Waals surface area contributed by atoms with Gasteiger partial charge in [-0.1, -0.05) is 0 Å². The van der Waals surface area contributed by atoms with Gasteiger partial charge in [0.15, 0.2) is 0 Å². The minimum Gasteiger partial charge on any atom is -0.507 e. The largest absolute Gasteiger partial charge is 0.507 e. The molecule has 2 amide bonds. The average Bonchev–Trinajstić information content (AvgIpc) is 2.02. The topological polar surface area (TPSA) is 127 Å². The van der Waals surface area contributed by atoms with E-state index in [0.717, 1.165) is 12.1 Å². The fraction of sp³-hybridized carbons (Fsp3) is 0. The quantitative estimate of drug-likeness (QED) is 0.498.